The Morgan fingerprint density at radius 3 is 2.65 bits per heavy atom. The fourth-order valence-corrected chi connectivity index (χ4v) is 5.81. The second-order valence-electron chi connectivity index (χ2n) is 8.89. The van der Waals surface area contributed by atoms with E-state index >= 15 is 0 Å². The molecule has 4 aromatic heterocycles. The highest BCUT2D eigenvalue weighted by atomic mass is 32.1. The molecule has 12 heteroatoms. The number of carbonyl (C=O) groups excluding carboxylic acids is 2. The van der Waals surface area contributed by atoms with Crippen molar-refractivity contribution < 1.29 is 18.4 Å². The average molecular weight is 575 g/mol. The summed E-state index contributed by atoms with van der Waals surface area (Å²) in [6.07, 6.45) is 1.63. The SMILES string of the molecule is Nc1nc2ccc(CNC(=O)c3cccn4c(C(=O)NCc5cc(F)ccc5F)c(-c5ccsc5)nc34)cc2s1. The molecule has 0 bridgehead atoms. The number of aromatic nitrogens is 3. The first-order chi connectivity index (χ1) is 19.4. The van der Waals surface area contributed by atoms with Crippen molar-refractivity contribution in [2.24, 2.45) is 0 Å². The number of thiophene rings is 1. The van der Waals surface area contributed by atoms with Crippen LogP contribution in [0, 0.1) is 11.6 Å². The molecular formula is C28H20F2N6O2S2. The lowest BCUT2D eigenvalue weighted by molar-refractivity contribution is 0.0937. The van der Waals surface area contributed by atoms with Crippen LogP contribution in [0.2, 0.25) is 0 Å². The van der Waals surface area contributed by atoms with E-state index in [2.05, 4.69) is 20.6 Å². The van der Waals surface area contributed by atoms with Crippen LogP contribution >= 0.6 is 22.7 Å². The van der Waals surface area contributed by atoms with Gasteiger partial charge in [-0.25, -0.2) is 18.7 Å². The van der Waals surface area contributed by atoms with E-state index in [1.807, 2.05) is 35.0 Å². The lowest BCUT2D eigenvalue weighted by atomic mass is 10.1. The molecule has 40 heavy (non-hydrogen) atoms. The number of halogens is 2. The van der Waals surface area contributed by atoms with Gasteiger partial charge in [-0.3, -0.25) is 14.0 Å². The van der Waals surface area contributed by atoms with Crippen LogP contribution in [0.15, 0.2) is 71.6 Å². The second kappa shape index (κ2) is 10.5. The molecule has 0 spiro atoms. The molecule has 4 heterocycles. The lowest BCUT2D eigenvalue weighted by Crippen LogP contribution is -2.26. The maximum absolute atomic E-state index is 14.1. The molecule has 0 saturated carbocycles. The maximum Gasteiger partial charge on any atom is 0.270 e. The summed E-state index contributed by atoms with van der Waals surface area (Å²) in [4.78, 5) is 35.6. The topological polar surface area (TPSA) is 114 Å². The average Bonchev–Trinajstić information content (AvgIpc) is 3.69. The Morgan fingerprint density at radius 2 is 1.82 bits per heavy atom. The molecular weight excluding hydrogens is 554 g/mol. The van der Waals surface area contributed by atoms with Crippen molar-refractivity contribution in [1.82, 2.24) is 25.0 Å². The van der Waals surface area contributed by atoms with E-state index in [4.69, 9.17) is 5.73 Å². The minimum absolute atomic E-state index is 0.0125. The summed E-state index contributed by atoms with van der Waals surface area (Å²) < 4.78 is 30.2. The van der Waals surface area contributed by atoms with Crippen molar-refractivity contribution in [3.63, 3.8) is 0 Å². The number of rotatable bonds is 7. The molecule has 2 amide bonds. The van der Waals surface area contributed by atoms with Crippen molar-refractivity contribution in [3.8, 4) is 11.3 Å². The first-order valence-corrected chi connectivity index (χ1v) is 13.8. The fraction of sp³-hybridized carbons (Fsp3) is 0.0714. The van der Waals surface area contributed by atoms with Gasteiger partial charge in [0.05, 0.1) is 15.8 Å². The van der Waals surface area contributed by atoms with Gasteiger partial charge in [-0.1, -0.05) is 17.4 Å². The monoisotopic (exact) mass is 574 g/mol. The van der Waals surface area contributed by atoms with Gasteiger partial charge in [0.15, 0.2) is 10.8 Å². The van der Waals surface area contributed by atoms with Gasteiger partial charge in [-0.2, -0.15) is 11.3 Å². The molecule has 4 N–H and O–H groups in total. The Hall–Kier alpha value is -4.68. The number of amides is 2. The summed E-state index contributed by atoms with van der Waals surface area (Å²) >= 11 is 2.81. The number of fused-ring (bicyclic) bond motifs is 2. The van der Waals surface area contributed by atoms with Crippen molar-refractivity contribution in [2.45, 2.75) is 13.1 Å². The Labute approximate surface area is 234 Å². The van der Waals surface area contributed by atoms with Gasteiger partial charge in [0.2, 0.25) is 0 Å². The zero-order chi connectivity index (χ0) is 27.8. The van der Waals surface area contributed by atoms with E-state index in [-0.39, 0.29) is 41.5 Å². The number of imidazole rings is 1. The first kappa shape index (κ1) is 25.6. The van der Waals surface area contributed by atoms with Crippen LogP contribution in [-0.4, -0.2) is 26.2 Å². The summed E-state index contributed by atoms with van der Waals surface area (Å²) in [6, 6.07) is 13.8. The van der Waals surface area contributed by atoms with Crippen LogP contribution in [-0.2, 0) is 13.1 Å². The van der Waals surface area contributed by atoms with Crippen LogP contribution in [0.1, 0.15) is 32.0 Å². The Bertz CT molecular complexity index is 1900. The third kappa shape index (κ3) is 4.90. The third-order valence-electron chi connectivity index (χ3n) is 6.27. The van der Waals surface area contributed by atoms with E-state index in [1.165, 1.54) is 27.1 Å². The number of thiazole rings is 1. The number of nitrogens with two attached hydrogens (primary N) is 1. The summed E-state index contributed by atoms with van der Waals surface area (Å²) in [6.45, 7) is 0.0347. The Morgan fingerprint density at radius 1 is 0.975 bits per heavy atom. The molecule has 6 rings (SSSR count). The van der Waals surface area contributed by atoms with E-state index in [9.17, 15) is 18.4 Å². The van der Waals surface area contributed by atoms with Gasteiger partial charge in [-0.05, 0) is 59.5 Å². The standard InChI is InChI=1S/C28H20F2N6O2S2/c29-18-4-5-20(30)17(11-18)13-33-27(38)24-23(16-7-9-39-14-16)35-25-19(2-1-8-36(24)25)26(37)32-12-15-3-6-21-22(10-15)40-28(31)34-21/h1-11,14H,12-13H2,(H2,31,34)(H,32,37)(H,33,38). The summed E-state index contributed by atoms with van der Waals surface area (Å²) in [5.41, 5.74) is 9.28. The number of benzene rings is 2. The van der Waals surface area contributed by atoms with Gasteiger partial charge in [0, 0.05) is 35.8 Å². The van der Waals surface area contributed by atoms with Crippen LogP contribution < -0.4 is 16.4 Å². The van der Waals surface area contributed by atoms with Crippen LogP contribution in [0.3, 0.4) is 0 Å². The number of nitrogens with one attached hydrogen (secondary N) is 2. The van der Waals surface area contributed by atoms with Crippen molar-refractivity contribution in [2.75, 3.05) is 5.73 Å². The summed E-state index contributed by atoms with van der Waals surface area (Å²) in [5, 5.41) is 9.74. The largest absolute Gasteiger partial charge is 0.375 e. The summed E-state index contributed by atoms with van der Waals surface area (Å²) in [5.74, 6) is -2.15. The van der Waals surface area contributed by atoms with Crippen molar-refractivity contribution in [3.05, 3.63) is 106 Å². The minimum Gasteiger partial charge on any atom is -0.375 e. The predicted octanol–water partition coefficient (Wildman–Crippen LogP) is 5.39. The molecule has 200 valence electrons. The number of hydrogen-bond acceptors (Lipinski definition) is 7. The van der Waals surface area contributed by atoms with E-state index in [1.54, 1.807) is 18.3 Å². The van der Waals surface area contributed by atoms with Gasteiger partial charge >= 0.3 is 0 Å². The van der Waals surface area contributed by atoms with Crippen LogP contribution in [0.25, 0.3) is 27.1 Å². The van der Waals surface area contributed by atoms with Gasteiger partial charge in [0.25, 0.3) is 11.8 Å². The minimum atomic E-state index is -0.630. The van der Waals surface area contributed by atoms with Gasteiger partial charge in [0.1, 0.15) is 23.0 Å². The highest BCUT2D eigenvalue weighted by Crippen LogP contribution is 2.28. The molecule has 0 aliphatic carbocycles. The second-order valence-corrected chi connectivity index (χ2v) is 10.7. The molecule has 0 saturated heterocycles. The third-order valence-corrected chi connectivity index (χ3v) is 7.80. The maximum atomic E-state index is 14.1. The summed E-state index contributed by atoms with van der Waals surface area (Å²) in [7, 11) is 0. The lowest BCUT2D eigenvalue weighted by Gasteiger charge is -2.09. The molecule has 0 atom stereocenters. The first-order valence-electron chi connectivity index (χ1n) is 12.1. The van der Waals surface area contributed by atoms with E-state index in [0.29, 0.717) is 16.4 Å². The molecule has 0 fully saturated rings. The highest BCUT2D eigenvalue weighted by molar-refractivity contribution is 7.22. The molecule has 0 unspecified atom stereocenters. The van der Waals surface area contributed by atoms with Gasteiger partial charge < -0.3 is 16.4 Å². The number of carbonyl (C=O) groups is 2. The highest BCUT2D eigenvalue weighted by Gasteiger charge is 2.24. The Balaban J connectivity index is 1.31. The zero-order valence-electron chi connectivity index (χ0n) is 20.7. The number of anilines is 1. The number of hydrogen-bond donors (Lipinski definition) is 3. The van der Waals surface area contributed by atoms with Crippen molar-refractivity contribution >= 4 is 55.5 Å². The molecule has 6 aromatic rings. The fourth-order valence-electron chi connectivity index (χ4n) is 4.37. The van der Waals surface area contributed by atoms with Crippen LogP contribution in [0.4, 0.5) is 13.9 Å². The zero-order valence-corrected chi connectivity index (χ0v) is 22.3. The molecule has 0 radical (unpaired) electrons. The molecule has 0 aliphatic heterocycles. The number of nitrogens with zero attached hydrogens (tertiary/aromatic N) is 3. The quantitative estimate of drug-likeness (QED) is 0.237. The number of nitrogen functional groups attached to an aromatic ring is 1. The smallest absolute Gasteiger partial charge is 0.270 e. The predicted molar refractivity (Wildman–Crippen MR) is 151 cm³/mol. The normalized spacial score (nSPS) is 11.2. The Kier molecular flexibility index (Phi) is 6.70. The number of pyridine rings is 1. The molecule has 0 aliphatic rings. The van der Waals surface area contributed by atoms with E-state index < -0.39 is 17.5 Å². The van der Waals surface area contributed by atoms with E-state index in [0.717, 1.165) is 34.0 Å². The van der Waals surface area contributed by atoms with Crippen LogP contribution in [0.5, 0.6) is 0 Å². The van der Waals surface area contributed by atoms with Crippen molar-refractivity contribution in [1.29, 1.82) is 0 Å². The molecule has 8 nitrogen and oxygen atoms in total. The van der Waals surface area contributed by atoms with Gasteiger partial charge in [-0.15, -0.1) is 0 Å². The molecule has 2 aromatic carbocycles.